The first-order chi connectivity index (χ1) is 5.31. The molecule has 0 aromatic heterocycles. The first-order valence-electron chi connectivity index (χ1n) is 4.63. The van der Waals surface area contributed by atoms with Gasteiger partial charge in [0.25, 0.3) is 0 Å². The van der Waals surface area contributed by atoms with E-state index in [9.17, 15) is 0 Å². The largest absolute Gasteiger partial charge is 0.662 e. The van der Waals surface area contributed by atoms with E-state index in [4.69, 9.17) is 0 Å². The molecule has 12 heavy (non-hydrogen) atoms. The van der Waals surface area contributed by atoms with E-state index in [1.54, 1.807) is 0 Å². The minimum atomic E-state index is 0. The zero-order valence-corrected chi connectivity index (χ0v) is 9.75. The van der Waals surface area contributed by atoms with Crippen molar-refractivity contribution in [1.29, 1.82) is 0 Å². The van der Waals surface area contributed by atoms with Gasteiger partial charge in [-0.1, -0.05) is 6.42 Å². The zero-order chi connectivity index (χ0) is 7.73. The fourth-order valence-corrected chi connectivity index (χ4v) is 2.21. The van der Waals surface area contributed by atoms with Crippen molar-refractivity contribution in [1.82, 2.24) is 4.90 Å². The molecular weight excluding hydrogens is 398 g/mol. The second kappa shape index (κ2) is 3.11. The predicted octanol–water partition coefficient (Wildman–Crippen LogP) is 1.48. The topological polar surface area (TPSA) is 17.3 Å². The van der Waals surface area contributed by atoms with Gasteiger partial charge in [0.2, 0.25) is 0 Å². The molecule has 2 rings (SSSR count). The van der Waals surface area contributed by atoms with Gasteiger partial charge in [0.15, 0.2) is 0 Å². The molecule has 0 bridgehead atoms. The Kier molecular flexibility index (Phi) is 2.34. The van der Waals surface area contributed by atoms with Crippen molar-refractivity contribution >= 4 is 0 Å². The van der Waals surface area contributed by atoms with Crippen molar-refractivity contribution in [3.05, 3.63) is 5.32 Å². The summed E-state index contributed by atoms with van der Waals surface area (Å²) in [6.07, 6.45) is 4.13. The maximum Gasteiger partial charge on any atom is 0 e. The fourth-order valence-electron chi connectivity index (χ4n) is 2.21. The number of rotatable bonds is 0. The number of likely N-dealkylation sites (tertiary alicyclic amines) is 1. The summed E-state index contributed by atoms with van der Waals surface area (Å²) in [5.41, 5.74) is 0.645. The van der Waals surface area contributed by atoms with Gasteiger partial charge in [-0.3, -0.25) is 0 Å². The summed E-state index contributed by atoms with van der Waals surface area (Å²) in [4.78, 5) is 2.43. The molecule has 2 heterocycles. The second-order valence-electron chi connectivity index (χ2n) is 4.16. The summed E-state index contributed by atoms with van der Waals surface area (Å²) in [5, 5.41) is 4.47. The molecule has 0 aromatic carbocycles. The molecule has 0 unspecified atom stereocenters. The molecule has 0 N–H and O–H groups in total. The Bertz CT molecular complexity index is 133. The third kappa shape index (κ3) is 1.41. The summed E-state index contributed by atoms with van der Waals surface area (Å²) in [6.45, 7) is 4.86. The number of nitrogens with zero attached hydrogens (tertiary/aromatic N) is 2. The fraction of sp³-hybridized carbons (Fsp3) is 1.00. The van der Waals surface area contributed by atoms with Gasteiger partial charge in [-0.2, -0.15) is 0 Å². The number of piperidine rings is 1. The Balaban J connectivity index is 0.000000720. The van der Waals surface area contributed by atoms with Gasteiger partial charge < -0.3 is 10.2 Å². The van der Waals surface area contributed by atoms with Crippen LogP contribution < -0.4 is 0 Å². The van der Waals surface area contributed by atoms with E-state index in [1.807, 2.05) is 0 Å². The Morgan fingerprint density at radius 1 is 1.17 bits per heavy atom. The van der Waals surface area contributed by atoms with E-state index in [1.165, 1.54) is 32.4 Å². The van der Waals surface area contributed by atoms with Gasteiger partial charge in [-0.05, 0) is 38.4 Å². The monoisotopic (exact) mass is 415 g/mol. The zero-order valence-electron chi connectivity index (χ0n) is 7.60. The maximum atomic E-state index is 4.47. The molecule has 0 aromatic rings. The Labute approximate surface area is 69.0 Å². The SMILES string of the molecule is CN1CCC2(CC[N-]C2)CC1.[Lr]. The summed E-state index contributed by atoms with van der Waals surface area (Å²) in [6, 6.07) is 0. The van der Waals surface area contributed by atoms with E-state index in [-0.39, 0.29) is 0 Å². The van der Waals surface area contributed by atoms with Crippen molar-refractivity contribution in [3.8, 4) is 0 Å². The van der Waals surface area contributed by atoms with Crippen molar-refractivity contribution < 1.29 is 0 Å². The van der Waals surface area contributed by atoms with Crippen LogP contribution in [0.3, 0.4) is 0 Å². The van der Waals surface area contributed by atoms with Crippen LogP contribution in [0.5, 0.6) is 0 Å². The Morgan fingerprint density at radius 3 is 2.33 bits per heavy atom. The smallest absolute Gasteiger partial charge is 0 e. The maximum absolute atomic E-state index is 4.47. The molecule has 2 nitrogen and oxygen atoms in total. The molecule has 0 amide bonds. The first kappa shape index (κ1) is 9.01. The van der Waals surface area contributed by atoms with Crippen molar-refractivity contribution in [3.63, 3.8) is 0 Å². The molecule has 0 atom stereocenters. The summed E-state index contributed by atoms with van der Waals surface area (Å²) < 4.78 is 0. The van der Waals surface area contributed by atoms with Gasteiger partial charge in [0.05, 0.1) is 0 Å². The quantitative estimate of drug-likeness (QED) is 0.586. The van der Waals surface area contributed by atoms with Crippen LogP contribution in [0, 0.1) is 5.41 Å². The van der Waals surface area contributed by atoms with Crippen molar-refractivity contribution in [2.75, 3.05) is 33.2 Å². The summed E-state index contributed by atoms with van der Waals surface area (Å²) in [7, 11) is 2.22. The normalized spacial score (nSPS) is 28.8. The van der Waals surface area contributed by atoms with Gasteiger partial charge in [-0.25, -0.2) is 0 Å². The molecule has 2 fully saturated rings. The standard InChI is InChI=1S/C9H17N2.Lr/c1-11-6-3-9(4-7-11)2-5-10-8-9;/h2-8H2,1H3;/q-1;. The molecule has 1 spiro atoms. The van der Waals surface area contributed by atoms with E-state index < -0.39 is 0 Å². The minimum absolute atomic E-state index is 0. The third-order valence-electron chi connectivity index (χ3n) is 3.30. The van der Waals surface area contributed by atoms with E-state index in [2.05, 4.69) is 17.3 Å². The van der Waals surface area contributed by atoms with E-state index in [0.29, 0.717) is 5.41 Å². The van der Waals surface area contributed by atoms with Crippen LogP contribution in [-0.4, -0.2) is 38.1 Å². The van der Waals surface area contributed by atoms with E-state index >= 15 is 0 Å². The van der Waals surface area contributed by atoms with Gasteiger partial charge >= 0.3 is 0 Å². The molecule has 1 radical (unpaired) electrons. The Hall–Kier alpha value is -1.08. The molecule has 3 heteroatoms. The summed E-state index contributed by atoms with van der Waals surface area (Å²) >= 11 is 0. The molecule has 2 aliphatic rings. The third-order valence-corrected chi connectivity index (χ3v) is 3.30. The van der Waals surface area contributed by atoms with Crippen LogP contribution in [0.25, 0.3) is 5.32 Å². The van der Waals surface area contributed by atoms with Gasteiger partial charge in [0, 0.05) is 0 Å². The first-order valence-corrected chi connectivity index (χ1v) is 4.63. The number of hydrogen-bond donors (Lipinski definition) is 0. The second-order valence-corrected chi connectivity index (χ2v) is 4.16. The molecular formula is C9H17LrN2-. The average Bonchev–Trinajstić information content (AvgIpc) is 2.45. The average molecular weight is 415 g/mol. The van der Waals surface area contributed by atoms with Crippen molar-refractivity contribution in [2.24, 2.45) is 5.41 Å². The van der Waals surface area contributed by atoms with Crippen LogP contribution in [-0.2, 0) is 0 Å². The minimum Gasteiger partial charge on any atom is -0.662 e. The number of hydrogen-bond acceptors (Lipinski definition) is 1. The molecule has 2 aliphatic heterocycles. The van der Waals surface area contributed by atoms with Crippen LogP contribution in [0.15, 0.2) is 0 Å². The van der Waals surface area contributed by atoms with Gasteiger partial charge in [0.1, 0.15) is 0 Å². The van der Waals surface area contributed by atoms with E-state index in [0.717, 1.165) is 13.1 Å². The van der Waals surface area contributed by atoms with Crippen LogP contribution in [0.2, 0.25) is 0 Å². The molecule has 79 valence electrons. The molecule has 2 saturated heterocycles. The Morgan fingerprint density at radius 2 is 1.83 bits per heavy atom. The molecule has 0 saturated carbocycles. The van der Waals surface area contributed by atoms with Gasteiger partial charge in [-0.15, -0.1) is 13.1 Å². The van der Waals surface area contributed by atoms with Crippen LogP contribution >= 0.6 is 0 Å². The summed E-state index contributed by atoms with van der Waals surface area (Å²) in [5.74, 6) is 0. The van der Waals surface area contributed by atoms with Crippen LogP contribution in [0.4, 0.5) is 0 Å². The molecule has 0 aliphatic carbocycles. The van der Waals surface area contributed by atoms with Crippen molar-refractivity contribution in [2.45, 2.75) is 19.3 Å². The predicted molar refractivity (Wildman–Crippen MR) is 46.9 cm³/mol. The van der Waals surface area contributed by atoms with Crippen LogP contribution in [0.1, 0.15) is 19.3 Å².